The summed E-state index contributed by atoms with van der Waals surface area (Å²) >= 11 is 0. The third kappa shape index (κ3) is 3.37. The van der Waals surface area contributed by atoms with Crippen LogP contribution in [0.3, 0.4) is 0 Å². The van der Waals surface area contributed by atoms with Crippen molar-refractivity contribution in [2.24, 2.45) is 0 Å². The van der Waals surface area contributed by atoms with Crippen LogP contribution < -0.4 is 0 Å². The Bertz CT molecular complexity index is 2200. The van der Waals surface area contributed by atoms with Crippen molar-refractivity contribution in [3.63, 3.8) is 0 Å². The average molecular weight is 512 g/mol. The molecule has 2 aromatic heterocycles. The molecule has 6 aromatic rings. The lowest BCUT2D eigenvalue weighted by Crippen LogP contribution is -1.96. The summed E-state index contributed by atoms with van der Waals surface area (Å²) in [4.78, 5) is 0. The molecule has 0 bridgehead atoms. The number of rotatable bonds is 3. The summed E-state index contributed by atoms with van der Waals surface area (Å²) < 4.78 is 4.77. The average Bonchev–Trinajstić information content (AvgIpc) is 3.31. The van der Waals surface area contributed by atoms with Crippen LogP contribution in [0.15, 0.2) is 133 Å². The molecule has 0 unspecified atom stereocenters. The van der Waals surface area contributed by atoms with Crippen LogP contribution in [0.4, 0.5) is 0 Å². The van der Waals surface area contributed by atoms with Crippen molar-refractivity contribution < 1.29 is 0 Å². The summed E-state index contributed by atoms with van der Waals surface area (Å²) in [5.74, 6) is 0. The van der Waals surface area contributed by atoms with Gasteiger partial charge in [0.2, 0.25) is 0 Å². The highest BCUT2D eigenvalue weighted by Gasteiger charge is 2.20. The Labute approximate surface area is 232 Å². The van der Waals surface area contributed by atoms with Crippen LogP contribution in [0.25, 0.3) is 60.4 Å². The lowest BCUT2D eigenvalue weighted by Gasteiger charge is -2.12. The first-order chi connectivity index (χ1) is 19.8. The van der Waals surface area contributed by atoms with Gasteiger partial charge in [0.15, 0.2) is 0 Å². The van der Waals surface area contributed by atoms with Gasteiger partial charge in [-0.25, -0.2) is 0 Å². The van der Waals surface area contributed by atoms with Crippen molar-refractivity contribution >= 4 is 54.8 Å². The zero-order chi connectivity index (χ0) is 26.6. The first-order valence-corrected chi connectivity index (χ1v) is 13.7. The van der Waals surface area contributed by atoms with Gasteiger partial charge in [-0.3, -0.25) is 0 Å². The van der Waals surface area contributed by atoms with Crippen LogP contribution in [0.5, 0.6) is 0 Å². The van der Waals surface area contributed by atoms with Gasteiger partial charge in [0.1, 0.15) is 0 Å². The summed E-state index contributed by atoms with van der Waals surface area (Å²) in [7, 11) is 0. The standard InChI is InChI=1S/C37H25N3/c38-24-25-7-5-8-26(14-13-25)27-15-18-31(19-16-27)40-33-12-6-9-28-17-20-32-36(35(28)33)34(40)23-29-21-22-39(37(29)32)30-10-3-1-2-4-11-30/h1-10,12,14-23H,11,13H2. The highest BCUT2D eigenvalue weighted by molar-refractivity contribution is 6.29. The van der Waals surface area contributed by atoms with Gasteiger partial charge in [-0.15, -0.1) is 0 Å². The van der Waals surface area contributed by atoms with Gasteiger partial charge in [-0.2, -0.15) is 5.26 Å². The summed E-state index contributed by atoms with van der Waals surface area (Å²) in [6, 6.07) is 26.9. The Balaban J connectivity index is 1.34. The fraction of sp³-hybridized carbons (Fsp3) is 0.0541. The molecule has 0 fully saturated rings. The van der Waals surface area contributed by atoms with Gasteiger partial charge in [0.05, 0.1) is 22.6 Å². The Hall–Kier alpha value is -5.33. The van der Waals surface area contributed by atoms with E-state index in [1.807, 2.05) is 12.2 Å². The van der Waals surface area contributed by atoms with Crippen molar-refractivity contribution in [1.82, 2.24) is 9.13 Å². The molecule has 0 saturated heterocycles. The number of hydrogen-bond acceptors (Lipinski definition) is 1. The largest absolute Gasteiger partial charge is 0.319 e. The first-order valence-electron chi connectivity index (χ1n) is 13.7. The molecule has 0 spiro atoms. The maximum absolute atomic E-state index is 9.28. The van der Waals surface area contributed by atoms with Gasteiger partial charge in [0, 0.05) is 57.5 Å². The van der Waals surface area contributed by atoms with E-state index in [1.54, 1.807) is 0 Å². The molecule has 0 aliphatic heterocycles. The molecule has 0 radical (unpaired) electrons. The van der Waals surface area contributed by atoms with Crippen LogP contribution in [0.2, 0.25) is 0 Å². The van der Waals surface area contributed by atoms with Crippen molar-refractivity contribution in [3.8, 4) is 11.8 Å². The smallest absolute Gasteiger partial charge is 0.0950 e. The second kappa shape index (κ2) is 8.86. The molecule has 3 heteroatoms. The molecule has 0 amide bonds. The van der Waals surface area contributed by atoms with E-state index in [0.717, 1.165) is 28.8 Å². The SMILES string of the molecule is N#CC1=CC=CC(c2ccc(-n3c4cccc5ccc6c(c54)c3cc3ccn(C4=CC=CC=CC4)c36)cc2)=CC1. The fourth-order valence-corrected chi connectivity index (χ4v) is 6.37. The van der Waals surface area contributed by atoms with Crippen LogP contribution in [-0.2, 0) is 0 Å². The van der Waals surface area contributed by atoms with Crippen molar-refractivity contribution in [3.05, 3.63) is 139 Å². The summed E-state index contributed by atoms with van der Waals surface area (Å²) in [6.07, 6.45) is 22.6. The molecule has 8 rings (SSSR count). The number of fused-ring (bicyclic) bond motifs is 2. The number of aromatic nitrogens is 2. The third-order valence-corrected chi connectivity index (χ3v) is 8.23. The predicted molar refractivity (Wildman–Crippen MR) is 168 cm³/mol. The number of nitriles is 1. The lowest BCUT2D eigenvalue weighted by atomic mass is 10.0. The number of allylic oxidation sites excluding steroid dienone is 12. The second-order valence-corrected chi connectivity index (χ2v) is 10.5. The quantitative estimate of drug-likeness (QED) is 0.218. The van der Waals surface area contributed by atoms with Gasteiger partial charge in [-0.05, 0) is 59.0 Å². The zero-order valence-electron chi connectivity index (χ0n) is 21.9. The summed E-state index contributed by atoms with van der Waals surface area (Å²) in [5, 5.41) is 15.7. The topological polar surface area (TPSA) is 33.6 Å². The van der Waals surface area contributed by atoms with E-state index in [2.05, 4.69) is 131 Å². The van der Waals surface area contributed by atoms with E-state index in [0.29, 0.717) is 6.42 Å². The minimum atomic E-state index is 0.658. The molecular weight excluding hydrogens is 486 g/mol. The molecule has 3 nitrogen and oxygen atoms in total. The summed E-state index contributed by atoms with van der Waals surface area (Å²) in [5.41, 5.74) is 9.20. The maximum Gasteiger partial charge on any atom is 0.0950 e. The number of nitrogens with zero attached hydrogens (tertiary/aromatic N) is 3. The second-order valence-electron chi connectivity index (χ2n) is 10.5. The summed E-state index contributed by atoms with van der Waals surface area (Å²) in [6.45, 7) is 0. The van der Waals surface area contributed by atoms with Crippen LogP contribution in [-0.4, -0.2) is 9.13 Å². The maximum atomic E-state index is 9.28. The van der Waals surface area contributed by atoms with Crippen LogP contribution in [0.1, 0.15) is 18.4 Å². The van der Waals surface area contributed by atoms with Crippen LogP contribution in [0, 0.1) is 11.3 Å². The van der Waals surface area contributed by atoms with Crippen molar-refractivity contribution in [2.45, 2.75) is 12.8 Å². The molecule has 2 aliphatic carbocycles. The van der Waals surface area contributed by atoms with Gasteiger partial charge >= 0.3 is 0 Å². The van der Waals surface area contributed by atoms with E-state index >= 15 is 0 Å². The van der Waals surface area contributed by atoms with E-state index in [9.17, 15) is 5.26 Å². The van der Waals surface area contributed by atoms with Gasteiger partial charge in [-0.1, -0.05) is 78.9 Å². The highest BCUT2D eigenvalue weighted by Crippen LogP contribution is 2.43. The van der Waals surface area contributed by atoms with Crippen LogP contribution >= 0.6 is 0 Å². The molecule has 0 saturated carbocycles. The normalized spacial score (nSPS) is 15.4. The Kier molecular flexibility index (Phi) is 5.02. The third-order valence-electron chi connectivity index (χ3n) is 8.23. The predicted octanol–water partition coefficient (Wildman–Crippen LogP) is 9.48. The Morgan fingerprint density at radius 1 is 0.750 bits per heavy atom. The molecule has 0 N–H and O–H groups in total. The molecular formula is C37H25N3. The molecule has 188 valence electrons. The molecule has 4 aromatic carbocycles. The Morgan fingerprint density at radius 3 is 2.58 bits per heavy atom. The fourth-order valence-electron chi connectivity index (χ4n) is 6.37. The molecule has 2 heterocycles. The van der Waals surface area contributed by atoms with Gasteiger partial charge < -0.3 is 9.13 Å². The minimum Gasteiger partial charge on any atom is -0.319 e. The lowest BCUT2D eigenvalue weighted by molar-refractivity contribution is 1.10. The van der Waals surface area contributed by atoms with E-state index in [4.69, 9.17) is 0 Å². The Morgan fingerprint density at radius 2 is 1.68 bits per heavy atom. The van der Waals surface area contributed by atoms with E-state index in [-0.39, 0.29) is 0 Å². The van der Waals surface area contributed by atoms with Crippen molar-refractivity contribution in [2.75, 3.05) is 0 Å². The molecule has 40 heavy (non-hydrogen) atoms. The minimum absolute atomic E-state index is 0.658. The monoisotopic (exact) mass is 511 g/mol. The van der Waals surface area contributed by atoms with E-state index < -0.39 is 0 Å². The first kappa shape index (κ1) is 22.6. The molecule has 0 atom stereocenters. The van der Waals surface area contributed by atoms with Gasteiger partial charge in [0.25, 0.3) is 0 Å². The zero-order valence-corrected chi connectivity index (χ0v) is 21.9. The number of hydrogen-bond donors (Lipinski definition) is 0. The van der Waals surface area contributed by atoms with E-state index in [1.165, 1.54) is 49.2 Å². The highest BCUT2D eigenvalue weighted by atomic mass is 15.0. The van der Waals surface area contributed by atoms with Crippen molar-refractivity contribution in [1.29, 1.82) is 5.26 Å². The number of benzene rings is 4. The molecule has 2 aliphatic rings.